The summed E-state index contributed by atoms with van der Waals surface area (Å²) in [5, 5.41) is 34.1. The molecule has 6 N–H and O–H groups in total. The van der Waals surface area contributed by atoms with Gasteiger partial charge in [-0.25, -0.2) is 9.59 Å². The predicted molar refractivity (Wildman–Crippen MR) is 161 cm³/mol. The van der Waals surface area contributed by atoms with Crippen LogP contribution in [0.25, 0.3) is 0 Å². The van der Waals surface area contributed by atoms with E-state index in [9.17, 15) is 29.7 Å². The molecule has 0 fully saturated rings. The van der Waals surface area contributed by atoms with Gasteiger partial charge in [-0.2, -0.15) is 0 Å². The maximum absolute atomic E-state index is 13.2. The topological polar surface area (TPSA) is 196 Å². The molecule has 44 heavy (non-hydrogen) atoms. The fourth-order valence-electron chi connectivity index (χ4n) is 5.06. The third-order valence-electron chi connectivity index (χ3n) is 7.31. The number of hydrogen-bond acceptors (Lipinski definition) is 11. The van der Waals surface area contributed by atoms with Crippen molar-refractivity contribution in [3.8, 4) is 17.2 Å². The minimum absolute atomic E-state index is 0.0178. The van der Waals surface area contributed by atoms with Gasteiger partial charge in [-0.05, 0) is 38.2 Å². The predicted octanol–water partition coefficient (Wildman–Crippen LogP) is 2.76. The first kappa shape index (κ1) is 36.3. The summed E-state index contributed by atoms with van der Waals surface area (Å²) >= 11 is 0. The highest BCUT2D eigenvalue weighted by molar-refractivity contribution is 6.05. The molecule has 0 radical (unpaired) electrons. The number of carbonyl (C=O) groups is 3. The van der Waals surface area contributed by atoms with E-state index in [1.54, 1.807) is 26.0 Å². The van der Waals surface area contributed by atoms with Gasteiger partial charge >= 0.3 is 12.1 Å². The number of esters is 1. The van der Waals surface area contributed by atoms with Crippen LogP contribution in [0.2, 0.25) is 0 Å². The van der Waals surface area contributed by atoms with Gasteiger partial charge in [0.15, 0.2) is 23.4 Å². The molecule has 0 saturated heterocycles. The quantitative estimate of drug-likeness (QED) is 0.178. The number of benzene rings is 1. The molecule has 1 aliphatic rings. The Labute approximate surface area is 257 Å². The standard InChI is InChI=1S/C31H44N2O11/c1-16-11-20-28(43-25(36)15-34)21(14-22(35)29(20)42-7)33-30(38)17(2)9-8-10-23(40-5)27(44-31(32)39)19(4)13-18(3)26(37)24(12-16)41-6/h8-10,13-14,16,18,23-24,26-27,34-35,37H,11-12,15H2,1-7H3,(H2,32,39)(H,33,38)/b10-8-,17-9-,19-13-/t16-,18+,23+,24+,26-,27+/m1/s1. The van der Waals surface area contributed by atoms with E-state index < -0.39 is 54.9 Å². The normalized spacial score (nSPS) is 28.4. The number of hydrogen-bond donors (Lipinski definition) is 5. The lowest BCUT2D eigenvalue weighted by Crippen LogP contribution is -2.37. The van der Waals surface area contributed by atoms with Gasteiger partial charge in [0.2, 0.25) is 0 Å². The van der Waals surface area contributed by atoms with Gasteiger partial charge in [0.05, 0.1) is 25.0 Å². The van der Waals surface area contributed by atoms with E-state index in [0.717, 1.165) is 0 Å². The van der Waals surface area contributed by atoms with E-state index in [1.165, 1.54) is 46.5 Å². The number of primary amides is 1. The SMILES string of the molecule is COc1c(O)cc2c(OC(=O)CO)c1C[C@@H](C)C[C@H](OC)[C@H](O)[C@@H](C)/C=C(/C)[C@H](OC(N)=O)[C@@H](OC)/C=C\C=C(\C)C(=O)N2. The van der Waals surface area contributed by atoms with Crippen molar-refractivity contribution in [3.05, 3.63) is 47.1 Å². The van der Waals surface area contributed by atoms with Gasteiger partial charge in [-0.1, -0.05) is 38.2 Å². The van der Waals surface area contributed by atoms with Crippen LogP contribution < -0.4 is 20.5 Å². The fourth-order valence-corrected chi connectivity index (χ4v) is 5.06. The van der Waals surface area contributed by atoms with E-state index >= 15 is 0 Å². The highest BCUT2D eigenvalue weighted by Crippen LogP contribution is 2.44. The Morgan fingerprint density at radius 2 is 1.80 bits per heavy atom. The van der Waals surface area contributed by atoms with Crippen LogP contribution in [0, 0.1) is 11.8 Å². The second kappa shape index (κ2) is 16.8. The molecule has 1 heterocycles. The lowest BCUT2D eigenvalue weighted by molar-refractivity contribution is -0.137. The van der Waals surface area contributed by atoms with Crippen molar-refractivity contribution in [2.24, 2.45) is 17.6 Å². The smallest absolute Gasteiger partial charge is 0.405 e. The molecule has 6 atom stereocenters. The fraction of sp³-hybridized carbons (Fsp3) is 0.516. The molecular weight excluding hydrogens is 576 g/mol. The Morgan fingerprint density at radius 1 is 1.11 bits per heavy atom. The number of aliphatic hydroxyl groups is 2. The summed E-state index contributed by atoms with van der Waals surface area (Å²) in [5.41, 5.74) is 6.36. The van der Waals surface area contributed by atoms with Crippen molar-refractivity contribution in [2.45, 2.75) is 65.0 Å². The summed E-state index contributed by atoms with van der Waals surface area (Å²) in [6, 6.07) is 1.18. The number of nitrogens with one attached hydrogen (secondary N) is 1. The van der Waals surface area contributed by atoms with Gasteiger partial charge in [-0.15, -0.1) is 0 Å². The zero-order valence-electron chi connectivity index (χ0n) is 26.2. The Kier molecular flexibility index (Phi) is 13.9. The number of anilines is 1. The van der Waals surface area contributed by atoms with Crippen molar-refractivity contribution in [2.75, 3.05) is 33.3 Å². The van der Waals surface area contributed by atoms with Gasteiger partial charge in [-0.3, -0.25) is 4.79 Å². The number of allylic oxidation sites excluding steroid dienone is 2. The third-order valence-corrected chi connectivity index (χ3v) is 7.31. The van der Waals surface area contributed by atoms with E-state index in [1.807, 2.05) is 6.92 Å². The number of ether oxygens (including phenoxy) is 5. The van der Waals surface area contributed by atoms with Gasteiger partial charge in [0.25, 0.3) is 5.91 Å². The second-order valence-corrected chi connectivity index (χ2v) is 10.7. The molecule has 1 aromatic carbocycles. The molecule has 244 valence electrons. The number of aliphatic hydroxyl groups excluding tert-OH is 2. The lowest BCUT2D eigenvalue weighted by atomic mass is 9.87. The van der Waals surface area contributed by atoms with Crippen LogP contribution >= 0.6 is 0 Å². The number of fused-ring (bicyclic) bond motifs is 2. The second-order valence-electron chi connectivity index (χ2n) is 10.7. The Hall–Kier alpha value is -3.91. The van der Waals surface area contributed by atoms with Crippen molar-refractivity contribution >= 4 is 23.7 Å². The number of phenolic OH excluding ortho intramolecular Hbond substituents is 1. The highest BCUT2D eigenvalue weighted by Gasteiger charge is 2.31. The van der Waals surface area contributed by atoms with E-state index in [4.69, 9.17) is 29.4 Å². The summed E-state index contributed by atoms with van der Waals surface area (Å²) in [4.78, 5) is 37.2. The molecule has 0 spiro atoms. The molecule has 13 nitrogen and oxygen atoms in total. The molecule has 2 bridgehead atoms. The zero-order valence-corrected chi connectivity index (χ0v) is 26.2. The number of phenols is 1. The summed E-state index contributed by atoms with van der Waals surface area (Å²) < 4.78 is 27.5. The van der Waals surface area contributed by atoms with Crippen LogP contribution in [0.15, 0.2) is 41.5 Å². The molecule has 0 aromatic heterocycles. The average molecular weight is 621 g/mol. The number of carbonyl (C=O) groups excluding carboxylic acids is 3. The summed E-state index contributed by atoms with van der Waals surface area (Å²) in [6.07, 6.45) is 2.38. The Morgan fingerprint density at radius 3 is 2.36 bits per heavy atom. The molecule has 13 heteroatoms. The molecule has 2 amide bonds. The molecule has 1 aromatic rings. The van der Waals surface area contributed by atoms with Crippen molar-refractivity contribution in [1.82, 2.24) is 0 Å². The van der Waals surface area contributed by atoms with Gasteiger partial charge in [0, 0.05) is 37.3 Å². The number of rotatable bonds is 6. The first-order chi connectivity index (χ1) is 20.8. The first-order valence-corrected chi connectivity index (χ1v) is 14.1. The molecule has 2 rings (SSSR count). The highest BCUT2D eigenvalue weighted by atomic mass is 16.6. The van der Waals surface area contributed by atoms with Crippen molar-refractivity contribution in [3.63, 3.8) is 0 Å². The minimum Gasteiger partial charge on any atom is -0.504 e. The van der Waals surface area contributed by atoms with E-state index in [0.29, 0.717) is 12.0 Å². The molecular formula is C31H44N2O11. The van der Waals surface area contributed by atoms with Crippen molar-refractivity contribution in [1.29, 1.82) is 0 Å². The Bertz CT molecular complexity index is 1270. The Balaban J connectivity index is 2.76. The molecule has 0 saturated carbocycles. The van der Waals surface area contributed by atoms with Crippen LogP contribution in [0.5, 0.6) is 17.2 Å². The number of nitrogens with two attached hydrogens (primary N) is 1. The largest absolute Gasteiger partial charge is 0.504 e. The number of methoxy groups -OCH3 is 3. The monoisotopic (exact) mass is 620 g/mol. The van der Waals surface area contributed by atoms with Gasteiger partial charge in [0.1, 0.15) is 12.7 Å². The first-order valence-electron chi connectivity index (χ1n) is 14.1. The number of amides is 2. The summed E-state index contributed by atoms with van der Waals surface area (Å²) in [6.45, 7) is 5.97. The molecule has 0 unspecified atom stereocenters. The van der Waals surface area contributed by atoms with Crippen LogP contribution in [0.4, 0.5) is 10.5 Å². The maximum Gasteiger partial charge on any atom is 0.405 e. The van der Waals surface area contributed by atoms with E-state index in [-0.39, 0.29) is 46.4 Å². The van der Waals surface area contributed by atoms with E-state index in [2.05, 4.69) is 5.32 Å². The van der Waals surface area contributed by atoms with Crippen LogP contribution in [-0.4, -0.2) is 85.6 Å². The van der Waals surface area contributed by atoms with Crippen LogP contribution in [0.3, 0.4) is 0 Å². The summed E-state index contributed by atoms with van der Waals surface area (Å²) in [5.74, 6) is -2.71. The molecule has 1 aliphatic heterocycles. The average Bonchev–Trinajstić information content (AvgIpc) is 2.97. The zero-order chi connectivity index (χ0) is 33.1. The minimum atomic E-state index is -1.02. The third kappa shape index (κ3) is 9.55. The maximum atomic E-state index is 13.2. The van der Waals surface area contributed by atoms with Crippen molar-refractivity contribution < 1.29 is 53.4 Å². The summed E-state index contributed by atoms with van der Waals surface area (Å²) in [7, 11) is 4.22. The van der Waals surface area contributed by atoms with Crippen LogP contribution in [0.1, 0.15) is 39.7 Å². The van der Waals surface area contributed by atoms with Gasteiger partial charge < -0.3 is 50.1 Å². The number of aromatic hydroxyl groups is 1. The van der Waals surface area contributed by atoms with Crippen LogP contribution in [-0.2, 0) is 30.2 Å². The molecule has 0 aliphatic carbocycles. The lowest BCUT2D eigenvalue weighted by Gasteiger charge is -2.29.